The van der Waals surface area contributed by atoms with E-state index in [2.05, 4.69) is 0 Å². The van der Waals surface area contributed by atoms with E-state index < -0.39 is 11.3 Å². The molecule has 0 bridgehead atoms. The summed E-state index contributed by atoms with van der Waals surface area (Å²) in [4.78, 5) is 13.5. The molecule has 130 valence electrons. The Bertz CT molecular complexity index is 530. The molecule has 0 atom stereocenters. The van der Waals surface area contributed by atoms with E-state index in [1.54, 1.807) is 7.11 Å². The molecule has 0 saturated carbocycles. The predicted molar refractivity (Wildman–Crippen MR) is 87.7 cm³/mol. The van der Waals surface area contributed by atoms with Gasteiger partial charge in [-0.1, -0.05) is 38.1 Å². The van der Waals surface area contributed by atoms with Crippen molar-refractivity contribution in [2.75, 3.05) is 19.5 Å². The third-order valence-corrected chi connectivity index (χ3v) is 4.25. The van der Waals surface area contributed by atoms with Gasteiger partial charge in [0.05, 0.1) is 6.61 Å². The zero-order valence-electron chi connectivity index (χ0n) is 14.0. The number of alkyl halides is 3. The largest absolute Gasteiger partial charge is 0.380 e. The van der Waals surface area contributed by atoms with Crippen molar-refractivity contribution in [3.8, 4) is 0 Å². The highest BCUT2D eigenvalue weighted by molar-refractivity contribution is 6.27. The molecule has 0 spiro atoms. The Kier molecular flexibility index (Phi) is 6.96. The number of benzene rings is 1. The lowest BCUT2D eigenvalue weighted by molar-refractivity contribution is -0.138. The van der Waals surface area contributed by atoms with Crippen LogP contribution >= 0.6 is 11.6 Å². The molecule has 0 N–H and O–H groups in total. The fourth-order valence-corrected chi connectivity index (χ4v) is 2.32. The number of hydrogen-bond acceptors (Lipinski definition) is 2. The van der Waals surface area contributed by atoms with E-state index in [-0.39, 0.29) is 24.9 Å². The van der Waals surface area contributed by atoms with Gasteiger partial charge in [0, 0.05) is 25.6 Å². The highest BCUT2D eigenvalue weighted by Crippen LogP contribution is 2.36. The average Bonchev–Trinajstić information content (AvgIpc) is 2.46. The van der Waals surface area contributed by atoms with E-state index in [0.29, 0.717) is 6.61 Å². The van der Waals surface area contributed by atoms with Gasteiger partial charge in [0.2, 0.25) is 5.91 Å². The van der Waals surface area contributed by atoms with Gasteiger partial charge in [-0.2, -0.15) is 0 Å². The number of carbonyl (C=O) groups excluding carboxylic acids is 1. The van der Waals surface area contributed by atoms with Gasteiger partial charge < -0.3 is 9.64 Å². The van der Waals surface area contributed by atoms with Gasteiger partial charge in [-0.3, -0.25) is 4.79 Å². The molecule has 3 nitrogen and oxygen atoms in total. The summed E-state index contributed by atoms with van der Waals surface area (Å²) in [5, 5.41) is 0. The van der Waals surface area contributed by atoms with Crippen LogP contribution in [0.25, 0.3) is 0 Å². The van der Waals surface area contributed by atoms with Crippen molar-refractivity contribution in [3.05, 3.63) is 35.4 Å². The Morgan fingerprint density at radius 3 is 2.26 bits per heavy atom. The number of carbonyl (C=O) groups is 1. The topological polar surface area (TPSA) is 29.5 Å². The molecule has 0 aromatic heterocycles. The van der Waals surface area contributed by atoms with Gasteiger partial charge in [0.1, 0.15) is 5.88 Å². The fourth-order valence-electron chi connectivity index (χ4n) is 2.15. The number of methoxy groups -OCH3 is 1. The van der Waals surface area contributed by atoms with Gasteiger partial charge in [0.25, 0.3) is 5.92 Å². The molecule has 23 heavy (non-hydrogen) atoms. The number of rotatable bonds is 8. The van der Waals surface area contributed by atoms with E-state index in [9.17, 15) is 13.6 Å². The second kappa shape index (κ2) is 8.06. The molecule has 1 aromatic rings. The van der Waals surface area contributed by atoms with Crippen LogP contribution in [0.1, 0.15) is 31.9 Å². The van der Waals surface area contributed by atoms with Crippen molar-refractivity contribution in [3.63, 3.8) is 0 Å². The molecule has 1 amide bonds. The molecule has 0 aliphatic carbocycles. The van der Waals surface area contributed by atoms with Gasteiger partial charge in [0.15, 0.2) is 0 Å². The van der Waals surface area contributed by atoms with Crippen molar-refractivity contribution in [2.24, 2.45) is 5.41 Å². The highest BCUT2D eigenvalue weighted by Gasteiger charge is 2.43. The van der Waals surface area contributed by atoms with Crippen LogP contribution in [-0.2, 0) is 22.7 Å². The first-order valence-electron chi connectivity index (χ1n) is 7.39. The van der Waals surface area contributed by atoms with Crippen LogP contribution in [0.15, 0.2) is 24.3 Å². The fraction of sp³-hybridized carbons (Fsp3) is 0.588. The summed E-state index contributed by atoms with van der Waals surface area (Å²) in [6.45, 7) is 4.31. The van der Waals surface area contributed by atoms with Crippen LogP contribution in [0.3, 0.4) is 0 Å². The van der Waals surface area contributed by atoms with Crippen molar-refractivity contribution in [1.82, 2.24) is 4.90 Å². The Hall–Kier alpha value is -1.20. The molecular formula is C17H24ClF2NO2. The first kappa shape index (κ1) is 19.8. The lowest BCUT2D eigenvalue weighted by atomic mass is 9.85. The summed E-state index contributed by atoms with van der Waals surface area (Å²) in [5.74, 6) is -3.52. The molecule has 0 fully saturated rings. The van der Waals surface area contributed by atoms with E-state index in [1.165, 1.54) is 18.7 Å². The van der Waals surface area contributed by atoms with Crippen molar-refractivity contribution >= 4 is 17.5 Å². The molecule has 0 aliphatic heterocycles. The average molecular weight is 348 g/mol. The number of amides is 1. The second-order valence-corrected chi connectivity index (χ2v) is 6.62. The summed E-state index contributed by atoms with van der Waals surface area (Å²) < 4.78 is 32.7. The maximum atomic E-state index is 13.8. The van der Waals surface area contributed by atoms with E-state index in [0.717, 1.165) is 18.1 Å². The predicted octanol–water partition coefficient (Wildman–Crippen LogP) is 4.08. The lowest BCUT2D eigenvalue weighted by Crippen LogP contribution is -2.46. The lowest BCUT2D eigenvalue weighted by Gasteiger charge is -2.36. The van der Waals surface area contributed by atoms with Crippen molar-refractivity contribution in [1.29, 1.82) is 0 Å². The second-order valence-electron chi connectivity index (χ2n) is 6.36. The maximum absolute atomic E-state index is 13.8. The normalized spacial score (nSPS) is 12.3. The van der Waals surface area contributed by atoms with E-state index in [1.807, 2.05) is 24.3 Å². The minimum Gasteiger partial charge on any atom is -0.380 e. The van der Waals surface area contributed by atoms with Crippen LogP contribution in [0.5, 0.6) is 0 Å². The van der Waals surface area contributed by atoms with Gasteiger partial charge in [-0.05, 0) is 18.1 Å². The Morgan fingerprint density at radius 1 is 1.22 bits per heavy atom. The molecule has 0 saturated heterocycles. The number of nitrogens with zero attached hydrogens (tertiary/aromatic N) is 1. The summed E-state index contributed by atoms with van der Waals surface area (Å²) in [5.41, 5.74) is 0.428. The van der Waals surface area contributed by atoms with Crippen LogP contribution in [-0.4, -0.2) is 36.3 Å². The zero-order chi connectivity index (χ0) is 17.7. The Morgan fingerprint density at radius 2 is 1.78 bits per heavy atom. The quantitative estimate of drug-likeness (QED) is 0.663. The first-order valence-corrected chi connectivity index (χ1v) is 7.93. The minimum atomic E-state index is -2.91. The SMILES string of the molecule is COCc1ccccc1CN(CC(C)(C)C(C)(F)F)C(=O)CCl. The molecule has 0 aliphatic rings. The highest BCUT2D eigenvalue weighted by atomic mass is 35.5. The minimum absolute atomic E-state index is 0.0800. The van der Waals surface area contributed by atoms with Crippen molar-refractivity contribution in [2.45, 2.75) is 39.8 Å². The van der Waals surface area contributed by atoms with Gasteiger partial charge >= 0.3 is 0 Å². The van der Waals surface area contributed by atoms with Crippen LogP contribution in [0, 0.1) is 5.41 Å². The zero-order valence-corrected chi connectivity index (χ0v) is 14.8. The van der Waals surface area contributed by atoms with Crippen LogP contribution in [0.2, 0.25) is 0 Å². The number of hydrogen-bond donors (Lipinski definition) is 0. The summed E-state index contributed by atoms with van der Waals surface area (Å²) in [6.07, 6.45) is 0. The molecule has 1 rings (SSSR count). The van der Waals surface area contributed by atoms with Crippen molar-refractivity contribution < 1.29 is 18.3 Å². The number of halogens is 3. The molecule has 0 radical (unpaired) electrons. The maximum Gasteiger partial charge on any atom is 0.252 e. The first-order chi connectivity index (χ1) is 10.6. The number of ether oxygens (including phenoxy) is 1. The molecule has 1 aromatic carbocycles. The summed E-state index contributed by atoms with van der Waals surface area (Å²) in [6, 6.07) is 7.47. The third-order valence-electron chi connectivity index (χ3n) is 4.02. The Labute approximate surface area is 141 Å². The van der Waals surface area contributed by atoms with E-state index >= 15 is 0 Å². The monoisotopic (exact) mass is 347 g/mol. The molecule has 6 heteroatoms. The van der Waals surface area contributed by atoms with Crippen LogP contribution in [0.4, 0.5) is 8.78 Å². The van der Waals surface area contributed by atoms with Crippen LogP contribution < -0.4 is 0 Å². The smallest absolute Gasteiger partial charge is 0.252 e. The molecule has 0 unspecified atom stereocenters. The Balaban J connectivity index is 3.03. The van der Waals surface area contributed by atoms with E-state index in [4.69, 9.17) is 16.3 Å². The summed E-state index contributed by atoms with van der Waals surface area (Å²) >= 11 is 5.65. The summed E-state index contributed by atoms with van der Waals surface area (Å²) in [7, 11) is 1.58. The standard InChI is InChI=1S/C17H24ClF2NO2/c1-16(2,17(3,19)20)12-21(15(22)9-18)10-13-7-5-6-8-14(13)11-23-4/h5-8H,9-12H2,1-4H3. The van der Waals surface area contributed by atoms with Gasteiger partial charge in [-0.15, -0.1) is 11.6 Å². The molecule has 0 heterocycles. The molecular weight excluding hydrogens is 324 g/mol. The third kappa shape index (κ3) is 5.43. The van der Waals surface area contributed by atoms with Gasteiger partial charge in [-0.25, -0.2) is 8.78 Å².